The molecule has 0 bridgehead atoms. The molecule has 0 heterocycles. The van der Waals surface area contributed by atoms with Crippen molar-refractivity contribution in [2.75, 3.05) is 5.75 Å². The van der Waals surface area contributed by atoms with Crippen LogP contribution in [0.2, 0.25) is 0 Å². The van der Waals surface area contributed by atoms with Gasteiger partial charge in [0.15, 0.2) is 0 Å². The molecule has 1 rings (SSSR count). The first-order valence-electron chi connectivity index (χ1n) is 5.29. The van der Waals surface area contributed by atoms with Crippen molar-refractivity contribution in [3.05, 3.63) is 29.8 Å². The van der Waals surface area contributed by atoms with Crippen LogP contribution in [0.15, 0.2) is 29.2 Å². The Morgan fingerprint density at radius 2 is 1.81 bits per heavy atom. The number of hydrogen-bond donors (Lipinski definition) is 0. The minimum absolute atomic E-state index is 0.0465. The first-order chi connectivity index (χ1) is 7.83. The zero-order chi connectivity index (χ0) is 11.8. The van der Waals surface area contributed by atoms with Gasteiger partial charge < -0.3 is 0 Å². The van der Waals surface area contributed by atoms with E-state index in [2.05, 4.69) is 25.1 Å². The van der Waals surface area contributed by atoms with Gasteiger partial charge >= 0.3 is 0 Å². The van der Waals surface area contributed by atoms with E-state index < -0.39 is 0 Å². The van der Waals surface area contributed by atoms with E-state index in [4.69, 9.17) is 10.5 Å². The normalized spacial score (nSPS) is 9.75. The third kappa shape index (κ3) is 3.29. The average Bonchev–Trinajstić information content (AvgIpc) is 2.30. The van der Waals surface area contributed by atoms with Crippen LogP contribution in [0.5, 0.6) is 0 Å². The Morgan fingerprint density at radius 3 is 2.38 bits per heavy atom. The fourth-order valence-corrected chi connectivity index (χ4v) is 2.50. The molecule has 0 saturated carbocycles. The van der Waals surface area contributed by atoms with Gasteiger partial charge in [-0.05, 0) is 17.4 Å². The largest absolute Gasteiger partial charge is 0.198 e. The minimum atomic E-state index is 0.0465. The Morgan fingerprint density at radius 1 is 1.19 bits per heavy atom. The highest BCUT2D eigenvalue weighted by molar-refractivity contribution is 7.99. The maximum atomic E-state index is 8.78. The highest BCUT2D eigenvalue weighted by Gasteiger charge is 2.14. The third-order valence-electron chi connectivity index (χ3n) is 2.33. The first kappa shape index (κ1) is 12.6. The van der Waals surface area contributed by atoms with E-state index in [9.17, 15) is 0 Å². The fourth-order valence-electron chi connectivity index (χ4n) is 1.62. The van der Waals surface area contributed by atoms with E-state index in [1.807, 2.05) is 18.2 Å². The highest BCUT2D eigenvalue weighted by atomic mass is 32.2. The summed E-state index contributed by atoms with van der Waals surface area (Å²) >= 11 is 1.76. The van der Waals surface area contributed by atoms with Gasteiger partial charge in [-0.15, -0.1) is 11.8 Å². The van der Waals surface area contributed by atoms with Gasteiger partial charge in [0.1, 0.15) is 0 Å². The molecule has 0 aliphatic rings. The SMILES string of the molecule is CCSc1ccccc1C(CC#N)CC#N. The molecule has 2 nitrogen and oxygen atoms in total. The van der Waals surface area contributed by atoms with Crippen molar-refractivity contribution >= 4 is 11.8 Å². The summed E-state index contributed by atoms with van der Waals surface area (Å²) in [7, 11) is 0. The Kier molecular flexibility index (Phi) is 5.46. The van der Waals surface area contributed by atoms with Crippen LogP contribution in [0.25, 0.3) is 0 Å². The Balaban J connectivity index is 2.99. The van der Waals surface area contributed by atoms with Crippen LogP contribution in [-0.4, -0.2) is 5.75 Å². The molecule has 0 atom stereocenters. The number of hydrogen-bond acceptors (Lipinski definition) is 3. The molecule has 0 N–H and O–H groups in total. The lowest BCUT2D eigenvalue weighted by atomic mass is 9.94. The van der Waals surface area contributed by atoms with Gasteiger partial charge in [0.05, 0.1) is 12.1 Å². The second-order valence-corrected chi connectivity index (χ2v) is 4.70. The maximum Gasteiger partial charge on any atom is 0.0628 e. The van der Waals surface area contributed by atoms with E-state index in [0.29, 0.717) is 12.8 Å². The predicted molar refractivity (Wildman–Crippen MR) is 66.0 cm³/mol. The van der Waals surface area contributed by atoms with Crippen LogP contribution in [0.3, 0.4) is 0 Å². The summed E-state index contributed by atoms with van der Waals surface area (Å²) in [4.78, 5) is 1.19. The number of rotatable bonds is 5. The van der Waals surface area contributed by atoms with Crippen LogP contribution >= 0.6 is 11.8 Å². The quantitative estimate of drug-likeness (QED) is 0.724. The van der Waals surface area contributed by atoms with Crippen molar-refractivity contribution < 1.29 is 0 Å². The van der Waals surface area contributed by atoms with Crippen molar-refractivity contribution in [2.24, 2.45) is 0 Å². The standard InChI is InChI=1S/C13H14N2S/c1-2-16-13-6-4-3-5-12(13)11(7-9-14)8-10-15/h3-6,11H,2,7-8H2,1H3. The van der Waals surface area contributed by atoms with Gasteiger partial charge in [-0.2, -0.15) is 10.5 Å². The summed E-state index contributed by atoms with van der Waals surface area (Å²) in [6, 6.07) is 12.4. The molecular weight excluding hydrogens is 216 g/mol. The van der Waals surface area contributed by atoms with Gasteiger partial charge in [-0.3, -0.25) is 0 Å². The van der Waals surface area contributed by atoms with Crippen LogP contribution < -0.4 is 0 Å². The summed E-state index contributed by atoms with van der Waals surface area (Å²) in [5.41, 5.74) is 1.14. The average molecular weight is 230 g/mol. The number of nitrogens with zero attached hydrogens (tertiary/aromatic N) is 2. The number of nitriles is 2. The van der Waals surface area contributed by atoms with E-state index in [1.54, 1.807) is 11.8 Å². The molecule has 0 spiro atoms. The Bertz CT molecular complexity index is 399. The lowest BCUT2D eigenvalue weighted by Gasteiger charge is -2.14. The van der Waals surface area contributed by atoms with Gasteiger partial charge in [-0.1, -0.05) is 25.1 Å². The van der Waals surface area contributed by atoms with Gasteiger partial charge in [-0.25, -0.2) is 0 Å². The molecule has 0 unspecified atom stereocenters. The molecule has 1 aromatic carbocycles. The summed E-state index contributed by atoms with van der Waals surface area (Å²) in [6.45, 7) is 2.10. The molecule has 16 heavy (non-hydrogen) atoms. The smallest absolute Gasteiger partial charge is 0.0628 e. The number of benzene rings is 1. The summed E-state index contributed by atoms with van der Waals surface area (Å²) in [5.74, 6) is 1.05. The van der Waals surface area contributed by atoms with E-state index in [1.165, 1.54) is 4.90 Å². The molecule has 0 aliphatic carbocycles. The molecular formula is C13H14N2S. The van der Waals surface area contributed by atoms with E-state index >= 15 is 0 Å². The Hall–Kier alpha value is -1.45. The molecule has 0 aromatic heterocycles. The van der Waals surface area contributed by atoms with Crippen LogP contribution in [0.1, 0.15) is 31.2 Å². The molecule has 3 heteroatoms. The van der Waals surface area contributed by atoms with Gasteiger partial charge in [0, 0.05) is 23.7 Å². The molecule has 0 radical (unpaired) electrons. The van der Waals surface area contributed by atoms with Gasteiger partial charge in [0.25, 0.3) is 0 Å². The lowest BCUT2D eigenvalue weighted by molar-refractivity contribution is 0.712. The van der Waals surface area contributed by atoms with Crippen LogP contribution in [0.4, 0.5) is 0 Å². The van der Waals surface area contributed by atoms with Crippen molar-refractivity contribution in [1.29, 1.82) is 10.5 Å². The zero-order valence-electron chi connectivity index (χ0n) is 9.31. The van der Waals surface area contributed by atoms with E-state index in [-0.39, 0.29) is 5.92 Å². The van der Waals surface area contributed by atoms with Crippen LogP contribution in [0, 0.1) is 22.7 Å². The van der Waals surface area contributed by atoms with Crippen molar-refractivity contribution in [3.8, 4) is 12.1 Å². The summed E-state index contributed by atoms with van der Waals surface area (Å²) in [5, 5.41) is 17.6. The minimum Gasteiger partial charge on any atom is -0.198 e. The second-order valence-electron chi connectivity index (χ2n) is 3.39. The maximum absolute atomic E-state index is 8.78. The molecule has 0 fully saturated rings. The monoisotopic (exact) mass is 230 g/mol. The van der Waals surface area contributed by atoms with Crippen molar-refractivity contribution in [1.82, 2.24) is 0 Å². The highest BCUT2D eigenvalue weighted by Crippen LogP contribution is 2.31. The summed E-state index contributed by atoms with van der Waals surface area (Å²) < 4.78 is 0. The first-order valence-corrected chi connectivity index (χ1v) is 6.27. The van der Waals surface area contributed by atoms with Crippen LogP contribution in [-0.2, 0) is 0 Å². The molecule has 82 valence electrons. The molecule has 1 aromatic rings. The number of thioether (sulfide) groups is 1. The van der Waals surface area contributed by atoms with E-state index in [0.717, 1.165) is 11.3 Å². The third-order valence-corrected chi connectivity index (χ3v) is 3.31. The zero-order valence-corrected chi connectivity index (χ0v) is 10.1. The molecule has 0 amide bonds. The summed E-state index contributed by atoms with van der Waals surface area (Å²) in [6.07, 6.45) is 0.823. The Labute approximate surface area is 101 Å². The topological polar surface area (TPSA) is 47.6 Å². The molecule has 0 saturated heterocycles. The fraction of sp³-hybridized carbons (Fsp3) is 0.385. The van der Waals surface area contributed by atoms with Crippen molar-refractivity contribution in [3.63, 3.8) is 0 Å². The van der Waals surface area contributed by atoms with Crippen molar-refractivity contribution in [2.45, 2.75) is 30.6 Å². The van der Waals surface area contributed by atoms with Gasteiger partial charge in [0.2, 0.25) is 0 Å². The molecule has 0 aliphatic heterocycles. The lowest BCUT2D eigenvalue weighted by Crippen LogP contribution is -1.99. The predicted octanol–water partition coefficient (Wildman–Crippen LogP) is 3.71. The second kappa shape index (κ2) is 6.93.